The zero-order chi connectivity index (χ0) is 13.5. The van der Waals surface area contributed by atoms with Gasteiger partial charge in [0.15, 0.2) is 0 Å². The van der Waals surface area contributed by atoms with E-state index in [0.717, 1.165) is 32.4 Å². The standard InChI is InChI=1S/C13H25N3O2/c1-3-7-11(14)12(17)15-10(2)13(18)16-8-5-4-6-9-16/h10-11H,3-9,14H2,1-2H3,(H,15,17). The maximum atomic E-state index is 12.1. The van der Waals surface area contributed by atoms with E-state index < -0.39 is 12.1 Å². The van der Waals surface area contributed by atoms with E-state index in [9.17, 15) is 9.59 Å². The Morgan fingerprint density at radius 1 is 1.28 bits per heavy atom. The first-order valence-electron chi connectivity index (χ1n) is 6.91. The quantitative estimate of drug-likeness (QED) is 0.756. The van der Waals surface area contributed by atoms with Gasteiger partial charge in [-0.05, 0) is 32.6 Å². The van der Waals surface area contributed by atoms with E-state index in [2.05, 4.69) is 5.32 Å². The molecule has 0 saturated carbocycles. The molecule has 2 unspecified atom stereocenters. The fourth-order valence-corrected chi connectivity index (χ4v) is 2.21. The Balaban J connectivity index is 2.41. The third-order valence-electron chi connectivity index (χ3n) is 3.33. The molecule has 1 fully saturated rings. The van der Waals surface area contributed by atoms with Crippen molar-refractivity contribution in [2.24, 2.45) is 5.73 Å². The van der Waals surface area contributed by atoms with Gasteiger partial charge in [-0.1, -0.05) is 13.3 Å². The number of amides is 2. The predicted molar refractivity (Wildman–Crippen MR) is 70.9 cm³/mol. The first kappa shape index (κ1) is 15.0. The zero-order valence-corrected chi connectivity index (χ0v) is 11.4. The van der Waals surface area contributed by atoms with E-state index in [1.807, 2.05) is 11.8 Å². The first-order valence-corrected chi connectivity index (χ1v) is 6.91. The van der Waals surface area contributed by atoms with Crippen molar-refractivity contribution >= 4 is 11.8 Å². The summed E-state index contributed by atoms with van der Waals surface area (Å²) in [5, 5.41) is 2.71. The summed E-state index contributed by atoms with van der Waals surface area (Å²) >= 11 is 0. The van der Waals surface area contributed by atoms with Crippen molar-refractivity contribution in [2.45, 2.75) is 58.0 Å². The van der Waals surface area contributed by atoms with Gasteiger partial charge in [0.1, 0.15) is 6.04 Å². The lowest BCUT2D eigenvalue weighted by Crippen LogP contribution is -2.52. The first-order chi connectivity index (χ1) is 8.56. The molecule has 104 valence electrons. The molecule has 3 N–H and O–H groups in total. The van der Waals surface area contributed by atoms with E-state index in [1.165, 1.54) is 6.42 Å². The number of rotatable bonds is 5. The van der Waals surface area contributed by atoms with Crippen molar-refractivity contribution in [1.82, 2.24) is 10.2 Å². The third kappa shape index (κ3) is 4.29. The van der Waals surface area contributed by atoms with E-state index in [0.29, 0.717) is 6.42 Å². The van der Waals surface area contributed by atoms with Crippen molar-refractivity contribution in [3.05, 3.63) is 0 Å². The molecule has 0 radical (unpaired) electrons. The van der Waals surface area contributed by atoms with Crippen LogP contribution in [0.15, 0.2) is 0 Å². The number of likely N-dealkylation sites (tertiary alicyclic amines) is 1. The summed E-state index contributed by atoms with van der Waals surface area (Å²) in [7, 11) is 0. The van der Waals surface area contributed by atoms with E-state index >= 15 is 0 Å². The Morgan fingerprint density at radius 3 is 2.44 bits per heavy atom. The summed E-state index contributed by atoms with van der Waals surface area (Å²) in [5.74, 6) is -0.221. The van der Waals surface area contributed by atoms with Gasteiger partial charge in [0.2, 0.25) is 11.8 Å². The second-order valence-corrected chi connectivity index (χ2v) is 5.01. The van der Waals surface area contributed by atoms with Gasteiger partial charge in [-0.3, -0.25) is 9.59 Å². The van der Waals surface area contributed by atoms with Crippen LogP contribution < -0.4 is 11.1 Å². The fraction of sp³-hybridized carbons (Fsp3) is 0.846. The Kier molecular flexibility index (Phi) is 6.12. The molecule has 1 aliphatic heterocycles. The zero-order valence-electron chi connectivity index (χ0n) is 11.4. The molecular formula is C13H25N3O2. The Morgan fingerprint density at radius 2 is 1.89 bits per heavy atom. The minimum Gasteiger partial charge on any atom is -0.343 e. The summed E-state index contributed by atoms with van der Waals surface area (Å²) in [4.78, 5) is 25.6. The molecule has 2 amide bonds. The van der Waals surface area contributed by atoms with Crippen molar-refractivity contribution in [3.8, 4) is 0 Å². The number of nitrogens with one attached hydrogen (secondary N) is 1. The normalized spacial score (nSPS) is 19.2. The van der Waals surface area contributed by atoms with Crippen LogP contribution in [0, 0.1) is 0 Å². The van der Waals surface area contributed by atoms with Crippen LogP contribution in [0.1, 0.15) is 46.0 Å². The second kappa shape index (κ2) is 7.36. The smallest absolute Gasteiger partial charge is 0.244 e. The van der Waals surface area contributed by atoms with Gasteiger partial charge < -0.3 is 16.0 Å². The summed E-state index contributed by atoms with van der Waals surface area (Å²) < 4.78 is 0. The number of hydrogen-bond acceptors (Lipinski definition) is 3. The summed E-state index contributed by atoms with van der Waals surface area (Å²) in [6.07, 6.45) is 4.81. The molecule has 1 aliphatic rings. The van der Waals surface area contributed by atoms with Crippen molar-refractivity contribution in [1.29, 1.82) is 0 Å². The number of nitrogens with zero attached hydrogens (tertiary/aromatic N) is 1. The molecule has 1 saturated heterocycles. The van der Waals surface area contributed by atoms with Crippen LogP contribution in [-0.2, 0) is 9.59 Å². The average Bonchev–Trinajstić information content (AvgIpc) is 2.39. The summed E-state index contributed by atoms with van der Waals surface area (Å²) in [5.41, 5.74) is 5.72. The maximum absolute atomic E-state index is 12.1. The molecule has 0 aliphatic carbocycles. The molecule has 0 bridgehead atoms. The summed E-state index contributed by atoms with van der Waals surface area (Å²) in [6, 6.07) is -0.981. The van der Waals surface area contributed by atoms with Crippen molar-refractivity contribution < 1.29 is 9.59 Å². The molecule has 0 aromatic carbocycles. The van der Waals surface area contributed by atoms with Gasteiger partial charge in [-0.15, -0.1) is 0 Å². The second-order valence-electron chi connectivity index (χ2n) is 5.01. The van der Waals surface area contributed by atoms with Gasteiger partial charge in [-0.25, -0.2) is 0 Å². The van der Waals surface area contributed by atoms with E-state index in [4.69, 9.17) is 5.73 Å². The monoisotopic (exact) mass is 255 g/mol. The molecule has 0 aromatic heterocycles. The Labute approximate surface area is 109 Å². The minimum atomic E-state index is -0.508. The van der Waals surface area contributed by atoms with Crippen molar-refractivity contribution in [3.63, 3.8) is 0 Å². The molecule has 1 rings (SSSR count). The lowest BCUT2D eigenvalue weighted by atomic mass is 10.1. The number of nitrogens with two attached hydrogens (primary N) is 1. The van der Waals surface area contributed by atoms with Gasteiger partial charge in [0, 0.05) is 13.1 Å². The van der Waals surface area contributed by atoms with Gasteiger partial charge in [-0.2, -0.15) is 0 Å². The lowest BCUT2D eigenvalue weighted by molar-refractivity contribution is -0.137. The molecule has 2 atom stereocenters. The molecule has 5 heteroatoms. The fourth-order valence-electron chi connectivity index (χ4n) is 2.21. The van der Waals surface area contributed by atoms with E-state index in [1.54, 1.807) is 6.92 Å². The van der Waals surface area contributed by atoms with Crippen LogP contribution in [-0.4, -0.2) is 41.9 Å². The summed E-state index contributed by atoms with van der Waals surface area (Å²) in [6.45, 7) is 5.32. The number of carbonyl (C=O) groups is 2. The molecular weight excluding hydrogens is 230 g/mol. The third-order valence-corrected chi connectivity index (χ3v) is 3.33. The largest absolute Gasteiger partial charge is 0.343 e. The average molecular weight is 255 g/mol. The molecule has 0 spiro atoms. The van der Waals surface area contributed by atoms with Crippen LogP contribution in [0.4, 0.5) is 0 Å². The van der Waals surface area contributed by atoms with Crippen LogP contribution >= 0.6 is 0 Å². The highest BCUT2D eigenvalue weighted by atomic mass is 16.2. The molecule has 18 heavy (non-hydrogen) atoms. The maximum Gasteiger partial charge on any atom is 0.244 e. The Hall–Kier alpha value is -1.10. The van der Waals surface area contributed by atoms with Crippen LogP contribution in [0.3, 0.4) is 0 Å². The van der Waals surface area contributed by atoms with Gasteiger partial charge >= 0.3 is 0 Å². The topological polar surface area (TPSA) is 75.4 Å². The molecule has 0 aromatic rings. The lowest BCUT2D eigenvalue weighted by Gasteiger charge is -2.29. The predicted octanol–water partition coefficient (Wildman–Crippen LogP) is 0.631. The van der Waals surface area contributed by atoms with Crippen LogP contribution in [0.5, 0.6) is 0 Å². The van der Waals surface area contributed by atoms with Crippen LogP contribution in [0.2, 0.25) is 0 Å². The number of hydrogen-bond donors (Lipinski definition) is 2. The van der Waals surface area contributed by atoms with Gasteiger partial charge in [0.05, 0.1) is 6.04 Å². The van der Waals surface area contributed by atoms with Crippen LogP contribution in [0.25, 0.3) is 0 Å². The molecule has 1 heterocycles. The number of piperidine rings is 1. The number of carbonyl (C=O) groups excluding carboxylic acids is 2. The highest BCUT2D eigenvalue weighted by molar-refractivity contribution is 5.89. The molecule has 5 nitrogen and oxygen atoms in total. The van der Waals surface area contributed by atoms with Crippen molar-refractivity contribution in [2.75, 3.05) is 13.1 Å². The van der Waals surface area contributed by atoms with E-state index in [-0.39, 0.29) is 11.8 Å². The SMILES string of the molecule is CCCC(N)C(=O)NC(C)C(=O)N1CCCCC1. The highest BCUT2D eigenvalue weighted by Gasteiger charge is 2.24. The minimum absolute atomic E-state index is 0.00625. The Bertz CT molecular complexity index is 288. The highest BCUT2D eigenvalue weighted by Crippen LogP contribution is 2.10. The van der Waals surface area contributed by atoms with Gasteiger partial charge in [0.25, 0.3) is 0 Å².